The Morgan fingerprint density at radius 1 is 1.38 bits per heavy atom. The first kappa shape index (κ1) is 10.4. The third-order valence-electron chi connectivity index (χ3n) is 2.69. The van der Waals surface area contributed by atoms with E-state index in [2.05, 4.69) is 13.8 Å². The minimum atomic E-state index is 0.345. The molecule has 1 heterocycles. The fourth-order valence-corrected chi connectivity index (χ4v) is 1.54. The number of likely N-dealkylation sites (tertiary alicyclic amines) is 1. The molecule has 0 radical (unpaired) electrons. The van der Waals surface area contributed by atoms with E-state index in [0.717, 1.165) is 25.9 Å². The number of nitrogens with one attached hydrogen (secondary N) is 1. The SMILES string of the molecule is CCOC(=N)N1CCC(C)(C)CC1. The molecule has 0 aromatic heterocycles. The van der Waals surface area contributed by atoms with Crippen LogP contribution in [0.3, 0.4) is 0 Å². The van der Waals surface area contributed by atoms with Crippen LogP contribution in [0.15, 0.2) is 0 Å². The Hall–Kier alpha value is -0.730. The van der Waals surface area contributed by atoms with Gasteiger partial charge in [-0.1, -0.05) is 13.8 Å². The Morgan fingerprint density at radius 2 is 1.92 bits per heavy atom. The quantitative estimate of drug-likeness (QED) is 0.500. The molecular formula is C10H20N2O. The summed E-state index contributed by atoms with van der Waals surface area (Å²) in [6, 6.07) is 0.345. The first-order chi connectivity index (χ1) is 6.05. The topological polar surface area (TPSA) is 36.3 Å². The molecular weight excluding hydrogens is 164 g/mol. The number of ether oxygens (including phenoxy) is 1. The molecule has 0 atom stereocenters. The fourth-order valence-electron chi connectivity index (χ4n) is 1.54. The van der Waals surface area contributed by atoms with Crippen LogP contribution in [-0.4, -0.2) is 30.6 Å². The van der Waals surface area contributed by atoms with Gasteiger partial charge in [0.1, 0.15) is 0 Å². The predicted octanol–water partition coefficient (Wildman–Crippen LogP) is 2.08. The summed E-state index contributed by atoms with van der Waals surface area (Å²) in [5.41, 5.74) is 0.447. The van der Waals surface area contributed by atoms with E-state index < -0.39 is 0 Å². The van der Waals surface area contributed by atoms with Gasteiger partial charge in [0.05, 0.1) is 6.61 Å². The number of piperidine rings is 1. The summed E-state index contributed by atoms with van der Waals surface area (Å²) in [5.74, 6) is 0. The van der Waals surface area contributed by atoms with Crippen molar-refractivity contribution in [3.8, 4) is 0 Å². The van der Waals surface area contributed by atoms with Crippen molar-refractivity contribution < 1.29 is 4.74 Å². The molecule has 1 aliphatic rings. The van der Waals surface area contributed by atoms with Gasteiger partial charge in [-0.25, -0.2) is 0 Å². The summed E-state index contributed by atoms with van der Waals surface area (Å²) >= 11 is 0. The zero-order valence-corrected chi connectivity index (χ0v) is 8.89. The molecule has 76 valence electrons. The van der Waals surface area contributed by atoms with Crippen molar-refractivity contribution in [2.75, 3.05) is 19.7 Å². The Morgan fingerprint density at radius 3 is 2.38 bits per heavy atom. The maximum atomic E-state index is 7.62. The van der Waals surface area contributed by atoms with E-state index in [0.29, 0.717) is 18.0 Å². The normalized spacial score (nSPS) is 21.3. The molecule has 0 unspecified atom stereocenters. The highest BCUT2D eigenvalue weighted by Gasteiger charge is 2.26. The fraction of sp³-hybridized carbons (Fsp3) is 0.900. The van der Waals surface area contributed by atoms with Crippen LogP contribution in [0.5, 0.6) is 0 Å². The lowest BCUT2D eigenvalue weighted by molar-refractivity contribution is 0.151. The lowest BCUT2D eigenvalue weighted by atomic mass is 9.83. The molecule has 1 fully saturated rings. The van der Waals surface area contributed by atoms with Crippen LogP contribution < -0.4 is 0 Å². The maximum Gasteiger partial charge on any atom is 0.284 e. The summed E-state index contributed by atoms with van der Waals surface area (Å²) in [6.07, 6.45) is 2.31. The van der Waals surface area contributed by atoms with Crippen LogP contribution in [0.25, 0.3) is 0 Å². The van der Waals surface area contributed by atoms with E-state index in [-0.39, 0.29) is 0 Å². The number of hydrogen-bond donors (Lipinski definition) is 1. The Labute approximate surface area is 80.6 Å². The Balaban J connectivity index is 2.36. The maximum absolute atomic E-state index is 7.62. The lowest BCUT2D eigenvalue weighted by Gasteiger charge is -2.37. The average molecular weight is 184 g/mol. The van der Waals surface area contributed by atoms with Gasteiger partial charge in [0.2, 0.25) is 0 Å². The van der Waals surface area contributed by atoms with Crippen molar-refractivity contribution >= 4 is 6.02 Å². The summed E-state index contributed by atoms with van der Waals surface area (Å²) < 4.78 is 5.16. The van der Waals surface area contributed by atoms with Crippen LogP contribution in [0.1, 0.15) is 33.6 Å². The number of hydrogen-bond acceptors (Lipinski definition) is 2. The van der Waals surface area contributed by atoms with Crippen LogP contribution in [0, 0.1) is 10.8 Å². The molecule has 0 amide bonds. The van der Waals surface area contributed by atoms with E-state index in [4.69, 9.17) is 10.1 Å². The Kier molecular flexibility index (Phi) is 3.17. The van der Waals surface area contributed by atoms with Crippen LogP contribution in [0.4, 0.5) is 0 Å². The van der Waals surface area contributed by atoms with Gasteiger partial charge in [-0.15, -0.1) is 0 Å². The first-order valence-corrected chi connectivity index (χ1v) is 5.01. The monoisotopic (exact) mass is 184 g/mol. The summed E-state index contributed by atoms with van der Waals surface area (Å²) in [5, 5.41) is 7.62. The van der Waals surface area contributed by atoms with Crippen molar-refractivity contribution in [3.63, 3.8) is 0 Å². The van der Waals surface area contributed by atoms with Crippen molar-refractivity contribution in [1.29, 1.82) is 5.41 Å². The second kappa shape index (κ2) is 3.99. The van der Waals surface area contributed by atoms with Gasteiger partial charge in [-0.3, -0.25) is 5.41 Å². The highest BCUT2D eigenvalue weighted by atomic mass is 16.5. The lowest BCUT2D eigenvalue weighted by Crippen LogP contribution is -2.41. The van der Waals surface area contributed by atoms with Gasteiger partial charge >= 0.3 is 0 Å². The average Bonchev–Trinajstić information content (AvgIpc) is 2.04. The van der Waals surface area contributed by atoms with Crippen molar-refractivity contribution in [2.24, 2.45) is 5.41 Å². The van der Waals surface area contributed by atoms with E-state index in [1.807, 2.05) is 11.8 Å². The summed E-state index contributed by atoms with van der Waals surface area (Å²) in [4.78, 5) is 2.02. The molecule has 0 aromatic carbocycles. The molecule has 3 nitrogen and oxygen atoms in total. The van der Waals surface area contributed by atoms with Crippen LogP contribution in [-0.2, 0) is 4.74 Å². The predicted molar refractivity (Wildman–Crippen MR) is 53.9 cm³/mol. The smallest absolute Gasteiger partial charge is 0.284 e. The number of rotatable bonds is 1. The van der Waals surface area contributed by atoms with Crippen LogP contribution >= 0.6 is 0 Å². The summed E-state index contributed by atoms with van der Waals surface area (Å²) in [6.45, 7) is 9.02. The molecule has 1 aliphatic heterocycles. The van der Waals surface area contributed by atoms with E-state index >= 15 is 0 Å². The molecule has 1 N–H and O–H groups in total. The van der Waals surface area contributed by atoms with Gasteiger partial charge in [-0.2, -0.15) is 0 Å². The molecule has 0 saturated carbocycles. The first-order valence-electron chi connectivity index (χ1n) is 5.01. The number of nitrogens with zero attached hydrogens (tertiary/aromatic N) is 1. The standard InChI is InChI=1S/C10H20N2O/c1-4-13-9(11)12-7-5-10(2,3)6-8-12/h11H,4-8H2,1-3H3. The van der Waals surface area contributed by atoms with Crippen molar-refractivity contribution in [2.45, 2.75) is 33.6 Å². The van der Waals surface area contributed by atoms with E-state index in [1.54, 1.807) is 0 Å². The summed E-state index contributed by atoms with van der Waals surface area (Å²) in [7, 11) is 0. The zero-order chi connectivity index (χ0) is 9.90. The second-order valence-corrected chi connectivity index (χ2v) is 4.39. The van der Waals surface area contributed by atoms with E-state index in [1.165, 1.54) is 0 Å². The molecule has 0 aromatic rings. The van der Waals surface area contributed by atoms with Gasteiger partial charge in [0, 0.05) is 13.1 Å². The second-order valence-electron chi connectivity index (χ2n) is 4.39. The van der Waals surface area contributed by atoms with Gasteiger partial charge in [0.25, 0.3) is 6.02 Å². The third kappa shape index (κ3) is 2.90. The van der Waals surface area contributed by atoms with Gasteiger partial charge in [0.15, 0.2) is 0 Å². The minimum absolute atomic E-state index is 0.345. The minimum Gasteiger partial charge on any atom is -0.466 e. The zero-order valence-electron chi connectivity index (χ0n) is 8.89. The molecule has 1 saturated heterocycles. The van der Waals surface area contributed by atoms with Crippen molar-refractivity contribution in [3.05, 3.63) is 0 Å². The molecule has 0 bridgehead atoms. The Bertz CT molecular complexity index is 179. The largest absolute Gasteiger partial charge is 0.466 e. The molecule has 0 aliphatic carbocycles. The highest BCUT2D eigenvalue weighted by Crippen LogP contribution is 2.29. The third-order valence-corrected chi connectivity index (χ3v) is 2.69. The molecule has 3 heteroatoms. The van der Waals surface area contributed by atoms with Gasteiger partial charge in [-0.05, 0) is 25.2 Å². The van der Waals surface area contributed by atoms with Crippen LogP contribution in [0.2, 0.25) is 0 Å². The number of amidine groups is 1. The van der Waals surface area contributed by atoms with Crippen molar-refractivity contribution in [1.82, 2.24) is 4.90 Å². The molecule has 13 heavy (non-hydrogen) atoms. The molecule has 0 spiro atoms. The van der Waals surface area contributed by atoms with Gasteiger partial charge < -0.3 is 9.64 Å². The molecule has 1 rings (SSSR count). The highest BCUT2D eigenvalue weighted by molar-refractivity contribution is 5.70. The van der Waals surface area contributed by atoms with E-state index in [9.17, 15) is 0 Å².